The molecule has 0 bridgehead atoms. The molecule has 8 heteroatoms. The first-order chi connectivity index (χ1) is 13.6. The molecular weight excluding hydrogens is 354 g/mol. The maximum Gasteiger partial charge on any atom is 0.321 e. The zero-order chi connectivity index (χ0) is 19.5. The molecule has 2 aromatic heterocycles. The molecular formula is C20H23N7O. The molecule has 1 aliphatic rings. The fourth-order valence-electron chi connectivity index (χ4n) is 3.05. The molecule has 1 aromatic carbocycles. The predicted octanol–water partition coefficient (Wildman–Crippen LogP) is 3.58. The molecule has 1 fully saturated rings. The molecule has 4 rings (SSSR count). The average Bonchev–Trinajstić information content (AvgIpc) is 3.37. The van der Waals surface area contributed by atoms with Gasteiger partial charge in [0.1, 0.15) is 5.82 Å². The van der Waals surface area contributed by atoms with E-state index in [2.05, 4.69) is 39.5 Å². The van der Waals surface area contributed by atoms with Crippen LogP contribution in [0.5, 0.6) is 0 Å². The van der Waals surface area contributed by atoms with Crippen molar-refractivity contribution in [2.45, 2.75) is 26.3 Å². The van der Waals surface area contributed by atoms with E-state index in [-0.39, 0.29) is 6.03 Å². The van der Waals surface area contributed by atoms with Crippen LogP contribution in [0.3, 0.4) is 0 Å². The van der Waals surface area contributed by atoms with Crippen LogP contribution in [0, 0.1) is 0 Å². The Morgan fingerprint density at radius 2 is 2.07 bits per heavy atom. The molecule has 144 valence electrons. The van der Waals surface area contributed by atoms with Crippen molar-refractivity contribution >= 4 is 23.2 Å². The Hall–Kier alpha value is -3.42. The third-order valence-electron chi connectivity index (χ3n) is 4.87. The molecule has 3 aromatic rings. The van der Waals surface area contributed by atoms with Crippen molar-refractivity contribution in [2.24, 2.45) is 0 Å². The zero-order valence-electron chi connectivity index (χ0n) is 16.0. The van der Waals surface area contributed by atoms with Gasteiger partial charge in [-0.25, -0.2) is 14.8 Å². The first kappa shape index (κ1) is 18.0. The molecule has 8 nitrogen and oxygen atoms in total. The molecule has 0 aliphatic carbocycles. The summed E-state index contributed by atoms with van der Waals surface area (Å²) in [6, 6.07) is 9.82. The maximum absolute atomic E-state index is 11.8. The number of carbonyl (C=O) groups is 1. The molecule has 1 saturated heterocycles. The van der Waals surface area contributed by atoms with E-state index in [1.165, 1.54) is 0 Å². The average molecular weight is 377 g/mol. The van der Waals surface area contributed by atoms with Crippen LogP contribution in [0.15, 0.2) is 48.9 Å². The van der Waals surface area contributed by atoms with Crippen molar-refractivity contribution < 1.29 is 4.79 Å². The number of nitrogens with one attached hydrogen (secondary N) is 2. The van der Waals surface area contributed by atoms with Crippen LogP contribution in [0.1, 0.15) is 26.3 Å². The van der Waals surface area contributed by atoms with E-state index in [0.717, 1.165) is 23.4 Å². The van der Waals surface area contributed by atoms with Crippen LogP contribution in [0.25, 0.3) is 11.4 Å². The van der Waals surface area contributed by atoms with Crippen LogP contribution < -0.4 is 15.5 Å². The summed E-state index contributed by atoms with van der Waals surface area (Å²) in [5.74, 6) is 1.33. The minimum Gasteiger partial charge on any atom is -0.338 e. The lowest BCUT2D eigenvalue weighted by Crippen LogP contribution is -2.27. The van der Waals surface area contributed by atoms with Crippen LogP contribution in [-0.2, 0) is 0 Å². The monoisotopic (exact) mass is 377 g/mol. The maximum atomic E-state index is 11.8. The lowest BCUT2D eigenvalue weighted by Gasteiger charge is -2.14. The second-order valence-electron chi connectivity index (χ2n) is 6.79. The highest BCUT2D eigenvalue weighted by Crippen LogP contribution is 2.23. The third kappa shape index (κ3) is 3.66. The standard InChI is InChI=1S/C20H23N7O/c1-3-14(2)27-13-16(12-23-27)24-18-8-9-21-19(25-18)15-4-6-17(7-5-15)26-11-10-22-20(26)28/h4-9,12-14H,3,10-11H2,1-2H3,(H,22,28)(H,21,24,25). The number of hydrogen-bond acceptors (Lipinski definition) is 5. The molecule has 3 heterocycles. The topological polar surface area (TPSA) is 88.0 Å². The van der Waals surface area contributed by atoms with Crippen molar-refractivity contribution in [1.29, 1.82) is 0 Å². The second kappa shape index (κ2) is 7.67. The van der Waals surface area contributed by atoms with Crippen LogP contribution in [-0.4, -0.2) is 38.9 Å². The minimum atomic E-state index is -0.0619. The SMILES string of the molecule is CCC(C)n1cc(Nc2ccnc(-c3ccc(N4CCNC4=O)cc3)n2)cn1. The highest BCUT2D eigenvalue weighted by atomic mass is 16.2. The molecule has 1 unspecified atom stereocenters. The van der Waals surface area contributed by atoms with E-state index in [1.54, 1.807) is 17.3 Å². The van der Waals surface area contributed by atoms with Gasteiger partial charge in [0.25, 0.3) is 0 Å². The van der Waals surface area contributed by atoms with E-state index < -0.39 is 0 Å². The highest BCUT2D eigenvalue weighted by molar-refractivity contribution is 5.94. The Balaban J connectivity index is 1.50. The molecule has 1 aliphatic heterocycles. The first-order valence-corrected chi connectivity index (χ1v) is 9.44. The van der Waals surface area contributed by atoms with Gasteiger partial charge >= 0.3 is 6.03 Å². The van der Waals surface area contributed by atoms with Gasteiger partial charge < -0.3 is 10.6 Å². The van der Waals surface area contributed by atoms with E-state index in [0.29, 0.717) is 30.8 Å². The van der Waals surface area contributed by atoms with Crippen molar-refractivity contribution in [1.82, 2.24) is 25.1 Å². The third-order valence-corrected chi connectivity index (χ3v) is 4.87. The molecule has 0 radical (unpaired) electrons. The van der Waals surface area contributed by atoms with Crippen LogP contribution in [0.4, 0.5) is 22.0 Å². The molecule has 2 N–H and O–H groups in total. The van der Waals surface area contributed by atoms with E-state index in [9.17, 15) is 4.79 Å². The molecule has 2 amide bonds. The van der Waals surface area contributed by atoms with Gasteiger partial charge in [0.2, 0.25) is 0 Å². The summed E-state index contributed by atoms with van der Waals surface area (Å²) in [7, 11) is 0. The van der Waals surface area contributed by atoms with Gasteiger partial charge in [-0.2, -0.15) is 5.10 Å². The second-order valence-corrected chi connectivity index (χ2v) is 6.79. The summed E-state index contributed by atoms with van der Waals surface area (Å²) in [6.45, 7) is 5.62. The molecule has 0 saturated carbocycles. The Morgan fingerprint density at radius 3 is 2.79 bits per heavy atom. The van der Waals surface area contributed by atoms with Gasteiger partial charge in [0.15, 0.2) is 5.82 Å². The molecule has 0 spiro atoms. The van der Waals surface area contributed by atoms with Gasteiger partial charge in [-0.3, -0.25) is 9.58 Å². The van der Waals surface area contributed by atoms with Crippen LogP contribution >= 0.6 is 0 Å². The smallest absolute Gasteiger partial charge is 0.321 e. The van der Waals surface area contributed by atoms with Crippen molar-refractivity contribution in [3.63, 3.8) is 0 Å². The Bertz CT molecular complexity index is 967. The lowest BCUT2D eigenvalue weighted by molar-refractivity contribution is 0.252. The van der Waals surface area contributed by atoms with E-state index in [4.69, 9.17) is 0 Å². The summed E-state index contributed by atoms with van der Waals surface area (Å²) < 4.78 is 1.94. The summed E-state index contributed by atoms with van der Waals surface area (Å²) in [5, 5.41) is 10.5. The highest BCUT2D eigenvalue weighted by Gasteiger charge is 2.20. The normalized spacial score (nSPS) is 14.8. The fraction of sp³-hybridized carbons (Fsp3) is 0.300. The molecule has 1 atom stereocenters. The van der Waals surface area contributed by atoms with Crippen molar-refractivity contribution in [3.8, 4) is 11.4 Å². The molecule has 28 heavy (non-hydrogen) atoms. The Kier molecular flexibility index (Phi) is 4.92. The van der Waals surface area contributed by atoms with Gasteiger partial charge in [0, 0.05) is 42.8 Å². The predicted molar refractivity (Wildman–Crippen MR) is 109 cm³/mol. The number of aromatic nitrogens is 4. The Morgan fingerprint density at radius 1 is 1.25 bits per heavy atom. The summed E-state index contributed by atoms with van der Waals surface area (Å²) >= 11 is 0. The summed E-state index contributed by atoms with van der Waals surface area (Å²) in [6.07, 6.45) is 6.52. The summed E-state index contributed by atoms with van der Waals surface area (Å²) in [4.78, 5) is 22.5. The lowest BCUT2D eigenvalue weighted by atomic mass is 10.2. The summed E-state index contributed by atoms with van der Waals surface area (Å²) in [5.41, 5.74) is 2.65. The van der Waals surface area contributed by atoms with Gasteiger partial charge in [-0.1, -0.05) is 6.92 Å². The van der Waals surface area contributed by atoms with Gasteiger partial charge in [-0.05, 0) is 43.7 Å². The van der Waals surface area contributed by atoms with Gasteiger partial charge in [-0.15, -0.1) is 0 Å². The quantitative estimate of drug-likeness (QED) is 0.685. The fourth-order valence-corrected chi connectivity index (χ4v) is 3.05. The van der Waals surface area contributed by atoms with Gasteiger partial charge in [0.05, 0.1) is 11.9 Å². The number of urea groups is 1. The van der Waals surface area contributed by atoms with E-state index in [1.807, 2.05) is 41.2 Å². The Labute approximate surface area is 163 Å². The number of benzene rings is 1. The number of anilines is 3. The van der Waals surface area contributed by atoms with E-state index >= 15 is 0 Å². The number of nitrogens with zero attached hydrogens (tertiary/aromatic N) is 5. The number of carbonyl (C=O) groups excluding carboxylic acids is 1. The van der Waals surface area contributed by atoms with Crippen molar-refractivity contribution in [2.75, 3.05) is 23.3 Å². The largest absolute Gasteiger partial charge is 0.338 e. The minimum absolute atomic E-state index is 0.0619. The first-order valence-electron chi connectivity index (χ1n) is 9.44. The number of amides is 2. The number of hydrogen-bond donors (Lipinski definition) is 2. The van der Waals surface area contributed by atoms with Crippen LogP contribution in [0.2, 0.25) is 0 Å². The van der Waals surface area contributed by atoms with Crippen molar-refractivity contribution in [3.05, 3.63) is 48.9 Å². The number of rotatable bonds is 6. The zero-order valence-corrected chi connectivity index (χ0v) is 16.0.